The summed E-state index contributed by atoms with van der Waals surface area (Å²) in [4.78, 5) is 12.1. The summed E-state index contributed by atoms with van der Waals surface area (Å²) >= 11 is 0. The van der Waals surface area contributed by atoms with Crippen LogP contribution >= 0.6 is 7.82 Å². The minimum Gasteiger partial charge on any atom is -0.461 e. The van der Waals surface area contributed by atoms with E-state index in [1.54, 1.807) is 0 Å². The van der Waals surface area contributed by atoms with Crippen molar-refractivity contribution < 1.29 is 27.7 Å². The van der Waals surface area contributed by atoms with Crippen LogP contribution in [0.3, 0.4) is 0 Å². The summed E-state index contributed by atoms with van der Waals surface area (Å²) in [5, 5.41) is 0. The molecule has 2 aliphatic heterocycles. The molecule has 0 aliphatic carbocycles. The Balaban J connectivity index is 1.62. The number of carbonyl (C=O) groups is 1. The van der Waals surface area contributed by atoms with Crippen molar-refractivity contribution in [3.8, 4) is 0 Å². The van der Waals surface area contributed by atoms with Crippen LogP contribution in [0.2, 0.25) is 0 Å². The van der Waals surface area contributed by atoms with Crippen molar-refractivity contribution in [2.75, 3.05) is 19.8 Å². The van der Waals surface area contributed by atoms with Crippen LogP contribution in [0.4, 0.5) is 0 Å². The number of phosphoric acid groups is 1. The highest BCUT2D eigenvalue weighted by Gasteiger charge is 2.43. The maximum absolute atomic E-state index is 13.0. The number of carbonyl (C=O) groups excluding carboxylic acids is 1. The van der Waals surface area contributed by atoms with Crippen LogP contribution in [0.15, 0.2) is 11.3 Å². The third-order valence-electron chi connectivity index (χ3n) is 5.84. The van der Waals surface area contributed by atoms with Gasteiger partial charge in [0.1, 0.15) is 12.4 Å². The summed E-state index contributed by atoms with van der Waals surface area (Å²) < 4.78 is 34.9. The Hall–Kier alpha value is -0.840. The van der Waals surface area contributed by atoms with Crippen LogP contribution in [0.5, 0.6) is 0 Å². The third kappa shape index (κ3) is 9.67. The number of hydrogen-bond donors (Lipinski definition) is 0. The van der Waals surface area contributed by atoms with Crippen molar-refractivity contribution in [2.24, 2.45) is 11.8 Å². The highest BCUT2D eigenvalue weighted by Crippen LogP contribution is 2.55. The molecule has 0 bridgehead atoms. The lowest BCUT2D eigenvalue weighted by Crippen LogP contribution is -2.11. The monoisotopic (exact) mass is 458 g/mol. The molecule has 0 aromatic heterocycles. The predicted octanol–water partition coefficient (Wildman–Crippen LogP) is 7.33. The molecule has 0 unspecified atom stereocenters. The van der Waals surface area contributed by atoms with Crippen LogP contribution in [0, 0.1) is 11.8 Å². The van der Waals surface area contributed by atoms with Gasteiger partial charge in [0, 0.05) is 6.42 Å². The second-order valence-corrected chi connectivity index (χ2v) is 10.9. The topological polar surface area (TPSA) is 71.1 Å². The number of unbranched alkanes of at least 4 members (excludes halogenated alkanes) is 11. The summed E-state index contributed by atoms with van der Waals surface area (Å²) in [5.41, 5.74) is 0.473. The van der Waals surface area contributed by atoms with E-state index in [4.69, 9.17) is 18.3 Å². The highest BCUT2D eigenvalue weighted by atomic mass is 31.2. The second kappa shape index (κ2) is 14.3. The first-order valence-electron chi connectivity index (χ1n) is 12.4. The van der Waals surface area contributed by atoms with E-state index in [-0.39, 0.29) is 25.0 Å². The van der Waals surface area contributed by atoms with E-state index in [9.17, 15) is 9.36 Å². The molecule has 1 fully saturated rings. The van der Waals surface area contributed by atoms with Gasteiger partial charge in [0.25, 0.3) is 0 Å². The van der Waals surface area contributed by atoms with Gasteiger partial charge in [0.2, 0.25) is 0 Å². The van der Waals surface area contributed by atoms with Crippen LogP contribution in [0.1, 0.15) is 104 Å². The number of esters is 1. The van der Waals surface area contributed by atoms with Crippen molar-refractivity contribution in [1.82, 2.24) is 0 Å². The Labute approximate surface area is 189 Å². The normalized spacial score (nSPS) is 23.6. The lowest BCUT2D eigenvalue weighted by Gasteiger charge is -2.19. The average molecular weight is 459 g/mol. The number of hydrogen-bond acceptors (Lipinski definition) is 6. The van der Waals surface area contributed by atoms with Gasteiger partial charge >= 0.3 is 13.8 Å². The zero-order chi connectivity index (χ0) is 22.5. The van der Waals surface area contributed by atoms with Crippen LogP contribution in [-0.2, 0) is 27.7 Å². The Bertz CT molecular complexity index is 615. The summed E-state index contributed by atoms with van der Waals surface area (Å²) in [6.45, 7) is 7.01. The van der Waals surface area contributed by atoms with Crippen molar-refractivity contribution in [1.29, 1.82) is 0 Å². The number of ether oxygens (including phenoxy) is 1. The molecule has 0 amide bonds. The van der Waals surface area contributed by atoms with Gasteiger partial charge in [-0.2, -0.15) is 0 Å². The van der Waals surface area contributed by atoms with E-state index in [1.807, 2.05) is 13.8 Å². The summed E-state index contributed by atoms with van der Waals surface area (Å²) in [7, 11) is -3.70. The van der Waals surface area contributed by atoms with E-state index in [0.29, 0.717) is 24.4 Å². The first-order valence-corrected chi connectivity index (χ1v) is 13.9. The number of fused-ring (bicyclic) bond motifs is 1. The lowest BCUT2D eigenvalue weighted by atomic mass is 9.98. The van der Waals surface area contributed by atoms with Crippen molar-refractivity contribution in [3.63, 3.8) is 0 Å². The second-order valence-electron chi connectivity index (χ2n) is 9.29. The van der Waals surface area contributed by atoms with E-state index in [1.165, 1.54) is 64.2 Å². The molecular weight excluding hydrogens is 415 g/mol. The molecule has 6 nitrogen and oxygen atoms in total. The molecule has 2 atom stereocenters. The molecule has 7 heteroatoms. The minimum absolute atomic E-state index is 0.123. The molecule has 0 radical (unpaired) electrons. The average Bonchev–Trinajstić information content (AvgIpc) is 3.03. The smallest absolute Gasteiger partial charge is 0.461 e. The SMILES string of the molecule is CCCCCCCCCCCCCCO[P@]1(=O)OC[C@@H]2COC(=O)C2=C(CC(C)C)O1. The molecule has 0 aromatic carbocycles. The molecule has 31 heavy (non-hydrogen) atoms. The Morgan fingerprint density at radius 3 is 2.10 bits per heavy atom. The number of allylic oxidation sites excluding steroid dienone is 1. The quantitative estimate of drug-likeness (QED) is 0.137. The third-order valence-corrected chi connectivity index (χ3v) is 7.25. The van der Waals surface area contributed by atoms with Crippen molar-refractivity contribution >= 4 is 13.8 Å². The first-order chi connectivity index (χ1) is 14.9. The van der Waals surface area contributed by atoms with Crippen molar-refractivity contribution in [3.05, 3.63) is 11.3 Å². The van der Waals surface area contributed by atoms with Crippen LogP contribution in [-0.4, -0.2) is 25.8 Å². The first kappa shape index (κ1) is 26.4. The van der Waals surface area contributed by atoms with E-state index >= 15 is 0 Å². The summed E-state index contributed by atoms with van der Waals surface area (Å²) in [6.07, 6.45) is 15.6. The molecule has 0 N–H and O–H groups in total. The zero-order valence-electron chi connectivity index (χ0n) is 19.9. The molecule has 0 spiro atoms. The van der Waals surface area contributed by atoms with Crippen LogP contribution < -0.4 is 0 Å². The van der Waals surface area contributed by atoms with E-state index < -0.39 is 13.8 Å². The van der Waals surface area contributed by atoms with Gasteiger partial charge < -0.3 is 9.26 Å². The Morgan fingerprint density at radius 2 is 1.52 bits per heavy atom. The molecule has 0 aromatic rings. The van der Waals surface area contributed by atoms with Gasteiger partial charge in [-0.25, -0.2) is 9.36 Å². The highest BCUT2D eigenvalue weighted by molar-refractivity contribution is 7.48. The minimum atomic E-state index is -3.70. The van der Waals surface area contributed by atoms with E-state index in [2.05, 4.69) is 6.92 Å². The van der Waals surface area contributed by atoms with Crippen LogP contribution in [0.25, 0.3) is 0 Å². The summed E-state index contributed by atoms with van der Waals surface area (Å²) in [6, 6.07) is 0. The fourth-order valence-electron chi connectivity index (χ4n) is 4.07. The maximum atomic E-state index is 13.0. The fourth-order valence-corrected chi connectivity index (χ4v) is 5.41. The summed E-state index contributed by atoms with van der Waals surface area (Å²) in [5.74, 6) is 0.0449. The largest absolute Gasteiger partial charge is 0.529 e. The molecule has 2 rings (SSSR count). The maximum Gasteiger partial charge on any atom is 0.529 e. The van der Waals surface area contributed by atoms with Gasteiger partial charge in [0.05, 0.1) is 24.7 Å². The predicted molar refractivity (Wildman–Crippen MR) is 123 cm³/mol. The lowest BCUT2D eigenvalue weighted by molar-refractivity contribution is -0.135. The molecular formula is C24H43O6P. The molecule has 2 heterocycles. The standard InChI is InChI=1S/C24H43O6P/c1-4-5-6-7-8-9-10-11-12-13-14-15-16-28-31(26)29-19-21-18-27-24(25)23(21)22(30-31)17-20(2)3/h20-21H,4-19H2,1-3H3/t21-,31+/m0/s1. The Morgan fingerprint density at radius 1 is 0.935 bits per heavy atom. The van der Waals surface area contributed by atoms with Gasteiger partial charge in [-0.05, 0) is 12.3 Å². The van der Waals surface area contributed by atoms with Crippen molar-refractivity contribution in [2.45, 2.75) is 104 Å². The number of phosphoric ester groups is 1. The number of rotatable bonds is 16. The van der Waals surface area contributed by atoms with Gasteiger partial charge in [-0.1, -0.05) is 91.4 Å². The Kier molecular flexibility index (Phi) is 12.2. The molecule has 1 saturated heterocycles. The zero-order valence-corrected chi connectivity index (χ0v) is 20.8. The number of cyclic esters (lactones) is 1. The molecule has 180 valence electrons. The molecule has 2 aliphatic rings. The van der Waals surface area contributed by atoms with Gasteiger partial charge in [0.15, 0.2) is 0 Å². The fraction of sp³-hybridized carbons (Fsp3) is 0.875. The van der Waals surface area contributed by atoms with E-state index in [0.717, 1.165) is 12.8 Å². The molecule has 0 saturated carbocycles. The van der Waals surface area contributed by atoms with Gasteiger partial charge in [-0.15, -0.1) is 0 Å². The van der Waals surface area contributed by atoms with Gasteiger partial charge in [-0.3, -0.25) is 9.05 Å².